The molecule has 0 saturated heterocycles. The first-order valence-electron chi connectivity index (χ1n) is 8.83. The number of fused-ring (bicyclic) bond motifs is 1. The van der Waals surface area contributed by atoms with Crippen molar-refractivity contribution < 1.29 is 0 Å². The number of benzene rings is 2. The van der Waals surface area contributed by atoms with E-state index in [1.54, 1.807) is 29.7 Å². The molecule has 138 valence electrons. The van der Waals surface area contributed by atoms with Crippen molar-refractivity contribution in [3.05, 3.63) is 63.4 Å². The van der Waals surface area contributed by atoms with Gasteiger partial charge in [-0.2, -0.15) is 5.26 Å². The average molecular weight is 398 g/mol. The molecule has 0 aliphatic rings. The molecule has 6 heteroatoms. The maximum absolute atomic E-state index is 13.2. The molecular weight excluding hydrogens is 378 g/mol. The lowest BCUT2D eigenvalue weighted by Crippen LogP contribution is -2.22. The Labute approximate surface area is 167 Å². The number of halogens is 1. The van der Waals surface area contributed by atoms with E-state index in [-0.39, 0.29) is 10.8 Å². The second-order valence-corrected chi connectivity index (χ2v) is 8.23. The Balaban J connectivity index is 2.21. The van der Waals surface area contributed by atoms with Crippen LogP contribution in [0.2, 0.25) is 5.02 Å². The summed E-state index contributed by atoms with van der Waals surface area (Å²) >= 11 is 7.33. The van der Waals surface area contributed by atoms with Crippen LogP contribution in [0, 0.1) is 11.3 Å². The van der Waals surface area contributed by atoms with Crippen LogP contribution in [0.15, 0.2) is 52.4 Å². The van der Waals surface area contributed by atoms with Gasteiger partial charge in [0.05, 0.1) is 27.9 Å². The van der Waals surface area contributed by atoms with Crippen molar-refractivity contribution in [2.24, 2.45) is 0 Å². The van der Waals surface area contributed by atoms with E-state index in [2.05, 4.69) is 24.9 Å². The lowest BCUT2D eigenvalue weighted by Gasteiger charge is -2.15. The second-order valence-electron chi connectivity index (χ2n) is 6.49. The van der Waals surface area contributed by atoms with Crippen molar-refractivity contribution in [3.63, 3.8) is 0 Å². The zero-order valence-electron chi connectivity index (χ0n) is 15.4. The van der Waals surface area contributed by atoms with E-state index in [1.807, 2.05) is 24.3 Å². The SMILES string of the molecule is CC[C@H](C)c1ccc(-n2c(S[C@H](C)C#N)nc3cc(Cl)ccc3c2=O)cc1. The van der Waals surface area contributed by atoms with Crippen molar-refractivity contribution in [2.75, 3.05) is 0 Å². The van der Waals surface area contributed by atoms with Crippen LogP contribution in [0.1, 0.15) is 38.7 Å². The van der Waals surface area contributed by atoms with Crippen LogP contribution < -0.4 is 5.56 Å². The molecule has 0 aliphatic heterocycles. The summed E-state index contributed by atoms with van der Waals surface area (Å²) < 4.78 is 1.58. The van der Waals surface area contributed by atoms with Crippen LogP contribution in [-0.4, -0.2) is 14.8 Å². The standard InChI is InChI=1S/C21H20ClN3OS/c1-4-13(2)15-5-8-17(9-6-15)25-20(26)18-10-7-16(22)11-19(18)24-21(25)27-14(3)12-23/h5-11,13-14H,4H2,1-3H3/t13-,14+/m0/s1. The third-order valence-corrected chi connectivity index (χ3v) is 5.78. The van der Waals surface area contributed by atoms with E-state index in [4.69, 9.17) is 11.6 Å². The fraction of sp³-hybridized carbons (Fsp3) is 0.286. The lowest BCUT2D eigenvalue weighted by atomic mass is 9.98. The van der Waals surface area contributed by atoms with Crippen LogP contribution in [-0.2, 0) is 0 Å². The number of hydrogen-bond acceptors (Lipinski definition) is 4. The summed E-state index contributed by atoms with van der Waals surface area (Å²) in [7, 11) is 0. The molecule has 0 unspecified atom stereocenters. The van der Waals surface area contributed by atoms with Crippen molar-refractivity contribution in [3.8, 4) is 11.8 Å². The number of aromatic nitrogens is 2. The zero-order chi connectivity index (χ0) is 19.6. The fourth-order valence-electron chi connectivity index (χ4n) is 2.82. The van der Waals surface area contributed by atoms with Gasteiger partial charge in [0, 0.05) is 5.02 Å². The molecule has 0 aliphatic carbocycles. The number of rotatable bonds is 5. The topological polar surface area (TPSA) is 58.7 Å². The Bertz CT molecular complexity index is 1070. The third kappa shape index (κ3) is 4.02. The summed E-state index contributed by atoms with van der Waals surface area (Å²) in [6.45, 7) is 6.12. The highest BCUT2D eigenvalue weighted by atomic mass is 35.5. The quantitative estimate of drug-likeness (QED) is 0.418. The highest BCUT2D eigenvalue weighted by Gasteiger charge is 2.16. The highest BCUT2D eigenvalue weighted by Crippen LogP contribution is 2.27. The summed E-state index contributed by atoms with van der Waals surface area (Å²) in [5.74, 6) is 0.458. The molecule has 0 saturated carbocycles. The molecular formula is C21H20ClN3OS. The Morgan fingerprint density at radius 2 is 1.93 bits per heavy atom. The number of nitrogens with zero attached hydrogens (tertiary/aromatic N) is 3. The van der Waals surface area contributed by atoms with Gasteiger partial charge in [0.15, 0.2) is 5.16 Å². The smallest absolute Gasteiger partial charge is 0.266 e. The summed E-state index contributed by atoms with van der Waals surface area (Å²) in [5, 5.41) is 10.4. The highest BCUT2D eigenvalue weighted by molar-refractivity contribution is 8.00. The molecule has 3 aromatic rings. The summed E-state index contributed by atoms with van der Waals surface area (Å²) in [6.07, 6.45) is 1.05. The Morgan fingerprint density at radius 3 is 2.56 bits per heavy atom. The van der Waals surface area contributed by atoms with E-state index in [1.165, 1.54) is 17.3 Å². The Kier molecular flexibility index (Phi) is 5.88. The number of nitriles is 1. The minimum absolute atomic E-state index is 0.166. The van der Waals surface area contributed by atoms with Gasteiger partial charge < -0.3 is 0 Å². The van der Waals surface area contributed by atoms with E-state index in [0.29, 0.717) is 27.0 Å². The minimum Gasteiger partial charge on any atom is -0.268 e. The molecule has 3 rings (SSSR count). The molecule has 1 aromatic heterocycles. The van der Waals surface area contributed by atoms with Crippen molar-refractivity contribution in [1.82, 2.24) is 9.55 Å². The van der Waals surface area contributed by atoms with Crippen LogP contribution in [0.5, 0.6) is 0 Å². The molecule has 0 N–H and O–H groups in total. The molecule has 27 heavy (non-hydrogen) atoms. The monoisotopic (exact) mass is 397 g/mol. The van der Waals surface area contributed by atoms with Gasteiger partial charge in [0.1, 0.15) is 0 Å². The van der Waals surface area contributed by atoms with Gasteiger partial charge in [-0.25, -0.2) is 4.98 Å². The molecule has 0 fully saturated rings. The fourth-order valence-corrected chi connectivity index (χ4v) is 3.80. The van der Waals surface area contributed by atoms with Gasteiger partial charge in [-0.3, -0.25) is 9.36 Å². The molecule has 0 amide bonds. The van der Waals surface area contributed by atoms with E-state index < -0.39 is 0 Å². The summed E-state index contributed by atoms with van der Waals surface area (Å²) in [6, 6.07) is 15.2. The van der Waals surface area contributed by atoms with E-state index in [9.17, 15) is 10.1 Å². The van der Waals surface area contributed by atoms with Gasteiger partial charge >= 0.3 is 0 Å². The lowest BCUT2D eigenvalue weighted by molar-refractivity contribution is 0.732. The van der Waals surface area contributed by atoms with Gasteiger partial charge in [-0.05, 0) is 55.2 Å². The van der Waals surface area contributed by atoms with Gasteiger partial charge in [0.2, 0.25) is 0 Å². The maximum atomic E-state index is 13.2. The third-order valence-electron chi connectivity index (χ3n) is 4.60. The number of thioether (sulfide) groups is 1. The largest absolute Gasteiger partial charge is 0.268 e. The van der Waals surface area contributed by atoms with Crippen molar-refractivity contribution >= 4 is 34.3 Å². The molecule has 2 aromatic carbocycles. The second kappa shape index (κ2) is 8.16. The van der Waals surface area contributed by atoms with Gasteiger partial charge in [0.25, 0.3) is 5.56 Å². The Morgan fingerprint density at radius 1 is 1.22 bits per heavy atom. The molecule has 1 heterocycles. The zero-order valence-corrected chi connectivity index (χ0v) is 17.0. The predicted molar refractivity (Wildman–Crippen MR) is 112 cm³/mol. The van der Waals surface area contributed by atoms with Crippen LogP contribution in [0.3, 0.4) is 0 Å². The normalized spacial score (nSPS) is 13.3. The van der Waals surface area contributed by atoms with Crippen molar-refractivity contribution in [1.29, 1.82) is 5.26 Å². The minimum atomic E-state index is -0.334. The van der Waals surface area contributed by atoms with Gasteiger partial charge in [-0.1, -0.05) is 49.3 Å². The average Bonchev–Trinajstić information content (AvgIpc) is 2.67. The molecule has 0 bridgehead atoms. The predicted octanol–water partition coefficient (Wildman–Crippen LogP) is 5.56. The summed E-state index contributed by atoms with van der Waals surface area (Å²) in [5.41, 5.74) is 2.34. The molecule has 0 spiro atoms. The number of hydrogen-bond donors (Lipinski definition) is 0. The van der Waals surface area contributed by atoms with Crippen LogP contribution >= 0.6 is 23.4 Å². The molecule has 2 atom stereocenters. The van der Waals surface area contributed by atoms with Crippen molar-refractivity contribution in [2.45, 2.75) is 43.5 Å². The molecule has 0 radical (unpaired) electrons. The first kappa shape index (κ1) is 19.5. The first-order chi connectivity index (χ1) is 12.9. The first-order valence-corrected chi connectivity index (χ1v) is 10.1. The van der Waals surface area contributed by atoms with E-state index >= 15 is 0 Å². The maximum Gasteiger partial charge on any atom is 0.266 e. The van der Waals surface area contributed by atoms with Crippen LogP contribution in [0.25, 0.3) is 16.6 Å². The van der Waals surface area contributed by atoms with Gasteiger partial charge in [-0.15, -0.1) is 0 Å². The molecule has 4 nitrogen and oxygen atoms in total. The Hall–Kier alpha value is -2.29. The van der Waals surface area contributed by atoms with E-state index in [0.717, 1.165) is 12.1 Å². The van der Waals surface area contributed by atoms with Crippen LogP contribution in [0.4, 0.5) is 0 Å². The summed E-state index contributed by atoms with van der Waals surface area (Å²) in [4.78, 5) is 17.8.